The van der Waals surface area contributed by atoms with Crippen molar-refractivity contribution in [1.29, 1.82) is 0 Å². The predicted molar refractivity (Wildman–Crippen MR) is 75.0 cm³/mol. The molecule has 2 heterocycles. The topological polar surface area (TPSA) is 85.3 Å². The summed E-state index contributed by atoms with van der Waals surface area (Å²) in [6.07, 6.45) is 4.74. The number of ether oxygens (including phenoxy) is 1. The second-order valence-electron chi connectivity index (χ2n) is 5.04. The summed E-state index contributed by atoms with van der Waals surface area (Å²) in [5.74, 6) is 0. The van der Waals surface area contributed by atoms with Gasteiger partial charge in [0.15, 0.2) is 0 Å². The van der Waals surface area contributed by atoms with E-state index < -0.39 is 10.0 Å². The molecule has 8 heteroatoms. The number of aromatic nitrogens is 2. The molecule has 0 amide bonds. The Morgan fingerprint density at radius 2 is 2.20 bits per heavy atom. The third kappa shape index (κ3) is 3.78. The summed E-state index contributed by atoms with van der Waals surface area (Å²) in [7, 11) is -1.69. The summed E-state index contributed by atoms with van der Waals surface area (Å²) < 4.78 is 33.9. The number of rotatable bonds is 6. The highest BCUT2D eigenvalue weighted by Crippen LogP contribution is 2.21. The monoisotopic (exact) mass is 302 g/mol. The van der Waals surface area contributed by atoms with Crippen LogP contribution in [0.5, 0.6) is 0 Å². The van der Waals surface area contributed by atoms with E-state index in [1.807, 2.05) is 6.92 Å². The van der Waals surface area contributed by atoms with Gasteiger partial charge in [-0.3, -0.25) is 4.68 Å². The molecule has 1 fully saturated rings. The van der Waals surface area contributed by atoms with E-state index in [-0.39, 0.29) is 17.0 Å². The van der Waals surface area contributed by atoms with Crippen LogP contribution in [0.15, 0.2) is 17.3 Å². The molecule has 2 N–H and O–H groups in total. The second kappa shape index (κ2) is 6.66. The van der Waals surface area contributed by atoms with Gasteiger partial charge in [0, 0.05) is 32.0 Å². The molecule has 20 heavy (non-hydrogen) atoms. The minimum atomic E-state index is -3.49. The average Bonchev–Trinajstić information content (AvgIpc) is 2.96. The highest BCUT2D eigenvalue weighted by Gasteiger charge is 2.21. The Bertz CT molecular complexity index is 523. The van der Waals surface area contributed by atoms with E-state index in [4.69, 9.17) is 4.74 Å². The molecule has 7 nitrogen and oxygen atoms in total. The Kier molecular flexibility index (Phi) is 5.14. The lowest BCUT2D eigenvalue weighted by Gasteiger charge is -2.22. The van der Waals surface area contributed by atoms with Gasteiger partial charge < -0.3 is 10.1 Å². The van der Waals surface area contributed by atoms with Crippen molar-refractivity contribution in [3.05, 3.63) is 12.4 Å². The second-order valence-corrected chi connectivity index (χ2v) is 6.81. The molecule has 0 aliphatic carbocycles. The Balaban J connectivity index is 2.03. The molecule has 0 spiro atoms. The standard InChI is InChI=1S/C12H22N4O3S/c1-10(13-2)7-15-20(17,18)12-8-14-16(9-12)11-3-5-19-6-4-11/h8-11,13,15H,3-7H2,1-2H3. The van der Waals surface area contributed by atoms with E-state index in [0.717, 1.165) is 12.8 Å². The Morgan fingerprint density at radius 1 is 1.50 bits per heavy atom. The van der Waals surface area contributed by atoms with Crippen LogP contribution in [-0.2, 0) is 14.8 Å². The van der Waals surface area contributed by atoms with Gasteiger partial charge in [-0.2, -0.15) is 5.10 Å². The van der Waals surface area contributed by atoms with Gasteiger partial charge in [0.1, 0.15) is 4.90 Å². The summed E-state index contributed by atoms with van der Waals surface area (Å²) in [6, 6.07) is 0.305. The first-order chi connectivity index (χ1) is 9.53. The SMILES string of the molecule is CNC(C)CNS(=O)(=O)c1cnn(C2CCOCC2)c1. The van der Waals surface area contributed by atoms with Crippen molar-refractivity contribution in [2.75, 3.05) is 26.8 Å². The molecule has 1 unspecified atom stereocenters. The first-order valence-corrected chi connectivity index (χ1v) is 8.30. The van der Waals surface area contributed by atoms with Crippen molar-refractivity contribution in [2.45, 2.75) is 36.7 Å². The van der Waals surface area contributed by atoms with Crippen molar-refractivity contribution in [1.82, 2.24) is 19.8 Å². The average molecular weight is 302 g/mol. The quantitative estimate of drug-likeness (QED) is 0.780. The highest BCUT2D eigenvalue weighted by atomic mass is 32.2. The van der Waals surface area contributed by atoms with E-state index in [1.54, 1.807) is 17.9 Å². The van der Waals surface area contributed by atoms with Gasteiger partial charge in [-0.05, 0) is 26.8 Å². The summed E-state index contributed by atoms with van der Waals surface area (Å²) >= 11 is 0. The maximum atomic E-state index is 12.1. The van der Waals surface area contributed by atoms with E-state index in [0.29, 0.717) is 19.8 Å². The third-order valence-corrected chi connectivity index (χ3v) is 4.90. The van der Waals surface area contributed by atoms with Crippen LogP contribution in [0.25, 0.3) is 0 Å². The molecule has 1 aliphatic rings. The normalized spacial score (nSPS) is 19.1. The van der Waals surface area contributed by atoms with Gasteiger partial charge in [-0.25, -0.2) is 13.1 Å². The first-order valence-electron chi connectivity index (χ1n) is 6.82. The zero-order valence-electron chi connectivity index (χ0n) is 11.9. The maximum Gasteiger partial charge on any atom is 0.243 e. The zero-order valence-corrected chi connectivity index (χ0v) is 12.7. The number of likely N-dealkylation sites (N-methyl/N-ethyl adjacent to an activating group) is 1. The Labute approximate surface area is 119 Å². The van der Waals surface area contributed by atoms with E-state index >= 15 is 0 Å². The molecule has 1 saturated heterocycles. The van der Waals surface area contributed by atoms with Crippen LogP contribution in [-0.4, -0.2) is 51.0 Å². The molecule has 0 bridgehead atoms. The molecule has 0 saturated carbocycles. The molecule has 0 radical (unpaired) electrons. The van der Waals surface area contributed by atoms with Crippen molar-refractivity contribution in [2.24, 2.45) is 0 Å². The van der Waals surface area contributed by atoms with Gasteiger partial charge in [-0.1, -0.05) is 0 Å². The van der Waals surface area contributed by atoms with Crippen LogP contribution in [0.2, 0.25) is 0 Å². The van der Waals surface area contributed by atoms with Crippen LogP contribution in [0.3, 0.4) is 0 Å². The maximum absolute atomic E-state index is 12.1. The molecule has 1 atom stereocenters. The van der Waals surface area contributed by atoms with Crippen molar-refractivity contribution >= 4 is 10.0 Å². The minimum absolute atomic E-state index is 0.0790. The molecule has 1 aromatic heterocycles. The number of nitrogens with zero attached hydrogens (tertiary/aromatic N) is 2. The zero-order chi connectivity index (χ0) is 14.6. The van der Waals surface area contributed by atoms with Gasteiger partial charge >= 0.3 is 0 Å². The number of hydrogen-bond donors (Lipinski definition) is 2. The first kappa shape index (κ1) is 15.4. The number of sulfonamides is 1. The van der Waals surface area contributed by atoms with Crippen LogP contribution < -0.4 is 10.0 Å². The fourth-order valence-electron chi connectivity index (χ4n) is 2.03. The number of nitrogens with one attached hydrogen (secondary N) is 2. The lowest BCUT2D eigenvalue weighted by atomic mass is 10.1. The fraction of sp³-hybridized carbons (Fsp3) is 0.750. The van der Waals surface area contributed by atoms with Crippen LogP contribution in [0, 0.1) is 0 Å². The number of hydrogen-bond acceptors (Lipinski definition) is 5. The molecular formula is C12H22N4O3S. The van der Waals surface area contributed by atoms with E-state index in [9.17, 15) is 8.42 Å². The van der Waals surface area contributed by atoms with Crippen LogP contribution in [0.1, 0.15) is 25.8 Å². The smallest absolute Gasteiger partial charge is 0.243 e. The largest absolute Gasteiger partial charge is 0.381 e. The molecular weight excluding hydrogens is 280 g/mol. The molecule has 1 aliphatic heterocycles. The van der Waals surface area contributed by atoms with E-state index in [2.05, 4.69) is 15.1 Å². The Morgan fingerprint density at radius 3 is 2.85 bits per heavy atom. The van der Waals surface area contributed by atoms with Crippen molar-refractivity contribution in [3.63, 3.8) is 0 Å². The summed E-state index contributed by atoms with van der Waals surface area (Å²) in [4.78, 5) is 0.215. The summed E-state index contributed by atoms with van der Waals surface area (Å²) in [5.41, 5.74) is 0. The van der Waals surface area contributed by atoms with Crippen molar-refractivity contribution in [3.8, 4) is 0 Å². The van der Waals surface area contributed by atoms with Gasteiger partial charge in [0.2, 0.25) is 10.0 Å². The molecule has 1 aromatic rings. The molecule has 0 aromatic carbocycles. The van der Waals surface area contributed by atoms with Gasteiger partial charge in [0.25, 0.3) is 0 Å². The lowest BCUT2D eigenvalue weighted by Crippen LogP contribution is -2.37. The molecule has 114 valence electrons. The molecule has 2 rings (SSSR count). The Hall–Kier alpha value is -0.960. The highest BCUT2D eigenvalue weighted by molar-refractivity contribution is 7.89. The van der Waals surface area contributed by atoms with Crippen molar-refractivity contribution < 1.29 is 13.2 Å². The van der Waals surface area contributed by atoms with Crippen LogP contribution in [0.4, 0.5) is 0 Å². The summed E-state index contributed by atoms with van der Waals surface area (Å²) in [5, 5.41) is 7.16. The summed E-state index contributed by atoms with van der Waals surface area (Å²) in [6.45, 7) is 3.66. The van der Waals surface area contributed by atoms with Gasteiger partial charge in [-0.15, -0.1) is 0 Å². The lowest BCUT2D eigenvalue weighted by molar-refractivity contribution is 0.0662. The predicted octanol–water partition coefficient (Wildman–Crippen LogP) is 0.121. The fourth-order valence-corrected chi connectivity index (χ4v) is 3.10. The van der Waals surface area contributed by atoms with Gasteiger partial charge in [0.05, 0.1) is 12.2 Å². The van der Waals surface area contributed by atoms with E-state index in [1.165, 1.54) is 6.20 Å². The third-order valence-electron chi connectivity index (χ3n) is 3.53. The van der Waals surface area contributed by atoms with Crippen LogP contribution >= 0.6 is 0 Å². The minimum Gasteiger partial charge on any atom is -0.381 e.